The van der Waals surface area contributed by atoms with Gasteiger partial charge in [-0.25, -0.2) is 0 Å². The zero-order valence-corrected chi connectivity index (χ0v) is 20.4. The summed E-state index contributed by atoms with van der Waals surface area (Å²) in [6.45, 7) is 4.17. The van der Waals surface area contributed by atoms with Crippen molar-refractivity contribution in [3.63, 3.8) is 0 Å². The van der Waals surface area contributed by atoms with Gasteiger partial charge in [0.2, 0.25) is 0 Å². The fourth-order valence-corrected chi connectivity index (χ4v) is 3.16. The number of nitrogens with zero attached hydrogens (tertiary/aromatic N) is 4. The molecule has 174 valence electrons. The topological polar surface area (TPSA) is 87.6 Å². The van der Waals surface area contributed by atoms with Crippen LogP contribution < -0.4 is 19.6 Å². The summed E-state index contributed by atoms with van der Waals surface area (Å²) in [4.78, 5) is 27.0. The molecule has 4 rings (SSSR count). The molecule has 2 N–H and O–H groups in total. The largest absolute Gasteiger partial charge is 0.481 e. The molecule has 0 aromatic heterocycles. The van der Waals surface area contributed by atoms with Crippen LogP contribution in [0.25, 0.3) is 0 Å². The minimum absolute atomic E-state index is 0. The van der Waals surface area contributed by atoms with Gasteiger partial charge in [-0.15, -0.1) is 0 Å². The Morgan fingerprint density at radius 3 is 0.935 bits per heavy atom. The molecule has 31 heavy (non-hydrogen) atoms. The Balaban J connectivity index is 0.000000427. The maximum absolute atomic E-state index is 9.00. The monoisotopic (exact) mass is 522 g/mol. The molecule has 0 saturated carbocycles. The van der Waals surface area contributed by atoms with Gasteiger partial charge in [-0.2, -0.15) is 0 Å². The van der Waals surface area contributed by atoms with E-state index >= 15 is 0 Å². The van der Waals surface area contributed by atoms with Crippen molar-refractivity contribution in [2.75, 3.05) is 61.1 Å². The van der Waals surface area contributed by atoms with Crippen LogP contribution in [0, 0.1) is 0 Å². The van der Waals surface area contributed by atoms with Crippen LogP contribution in [-0.2, 0) is 30.0 Å². The molecule has 0 spiro atoms. The van der Waals surface area contributed by atoms with E-state index in [9.17, 15) is 0 Å². The maximum atomic E-state index is 9.00. The summed E-state index contributed by atoms with van der Waals surface area (Å²) in [5, 5.41) is 14.8. The van der Waals surface area contributed by atoms with Crippen molar-refractivity contribution in [3.8, 4) is 0 Å². The Bertz CT molecular complexity index is 718. The zero-order valence-electron chi connectivity index (χ0n) is 18.8. The standard InChI is InChI=1S/2C9H12N2.2C2H4O2.Pd/c2*1-10-7-11(2)9-6-4-3-5-8(9)10;2*1-2(3)4;/h2*3-6H,7H2,1-2H3;2*1H3,(H,3,4);. The predicted molar refractivity (Wildman–Crippen MR) is 123 cm³/mol. The van der Waals surface area contributed by atoms with Gasteiger partial charge in [0.25, 0.3) is 11.9 Å². The van der Waals surface area contributed by atoms with Crippen LogP contribution in [0.3, 0.4) is 0 Å². The van der Waals surface area contributed by atoms with Gasteiger partial charge < -0.3 is 29.8 Å². The Hall–Kier alpha value is -2.76. The Kier molecular flexibility index (Phi) is 12.3. The number of fused-ring (bicyclic) bond motifs is 2. The fraction of sp³-hybridized carbons (Fsp3) is 0.364. The molecule has 2 aromatic rings. The van der Waals surface area contributed by atoms with Crippen LogP contribution in [0.5, 0.6) is 0 Å². The fourth-order valence-electron chi connectivity index (χ4n) is 3.16. The summed E-state index contributed by atoms with van der Waals surface area (Å²) >= 11 is 0. The number of rotatable bonds is 0. The van der Waals surface area contributed by atoms with Crippen molar-refractivity contribution >= 4 is 34.7 Å². The molecule has 0 saturated heterocycles. The zero-order chi connectivity index (χ0) is 22.8. The first-order valence-corrected chi connectivity index (χ1v) is 9.46. The van der Waals surface area contributed by atoms with Crippen LogP contribution in [0.1, 0.15) is 13.8 Å². The average molecular weight is 523 g/mol. The molecule has 0 radical (unpaired) electrons. The molecule has 9 heteroatoms. The second-order valence-electron chi connectivity index (χ2n) is 7.09. The molecule has 0 bridgehead atoms. The van der Waals surface area contributed by atoms with Crippen LogP contribution in [0.15, 0.2) is 48.5 Å². The minimum atomic E-state index is -0.833. The number of carbonyl (C=O) groups is 2. The third-order valence-electron chi connectivity index (χ3n) is 4.26. The van der Waals surface area contributed by atoms with E-state index < -0.39 is 11.9 Å². The first kappa shape index (κ1) is 28.2. The molecule has 0 amide bonds. The van der Waals surface area contributed by atoms with E-state index in [2.05, 4.69) is 96.3 Å². The number of anilines is 4. The van der Waals surface area contributed by atoms with Crippen LogP contribution in [0.2, 0.25) is 0 Å². The number of hydrogen-bond acceptors (Lipinski definition) is 6. The van der Waals surface area contributed by atoms with Crippen molar-refractivity contribution in [1.29, 1.82) is 0 Å². The molecule has 2 heterocycles. The van der Waals surface area contributed by atoms with Crippen molar-refractivity contribution in [1.82, 2.24) is 0 Å². The Labute approximate surface area is 198 Å². The number of carboxylic acids is 2. The molecular formula is C22H32N4O4Pd. The van der Waals surface area contributed by atoms with Gasteiger partial charge in [-0.05, 0) is 24.3 Å². The summed E-state index contributed by atoms with van der Waals surface area (Å²) in [6.07, 6.45) is 0. The minimum Gasteiger partial charge on any atom is -0.481 e. The summed E-state index contributed by atoms with van der Waals surface area (Å²) in [6, 6.07) is 16.9. The van der Waals surface area contributed by atoms with E-state index in [1.54, 1.807) is 0 Å². The molecule has 0 aliphatic carbocycles. The molecule has 0 fully saturated rings. The molecule has 2 aromatic carbocycles. The summed E-state index contributed by atoms with van der Waals surface area (Å²) < 4.78 is 0. The quantitative estimate of drug-likeness (QED) is 0.510. The van der Waals surface area contributed by atoms with Crippen LogP contribution in [-0.4, -0.2) is 63.7 Å². The number of para-hydroxylation sites is 4. The smallest absolute Gasteiger partial charge is 0.300 e. The average Bonchev–Trinajstić information content (AvgIpc) is 3.11. The van der Waals surface area contributed by atoms with Gasteiger partial charge in [-0.3, -0.25) is 9.59 Å². The Morgan fingerprint density at radius 2 is 0.774 bits per heavy atom. The van der Waals surface area contributed by atoms with Gasteiger partial charge in [0, 0.05) is 62.5 Å². The number of hydrogen-bond donors (Lipinski definition) is 2. The third-order valence-corrected chi connectivity index (χ3v) is 4.26. The van der Waals surface area contributed by atoms with Gasteiger partial charge in [0.15, 0.2) is 0 Å². The maximum Gasteiger partial charge on any atom is 0.300 e. The SMILES string of the molecule is CC(=O)O.CC(=O)O.CN1CN(C)c2ccccc21.CN1CN(C)c2ccccc21.[Pd]. The molecular weight excluding hydrogens is 491 g/mol. The number of aliphatic carboxylic acids is 2. The van der Waals surface area contributed by atoms with Crippen molar-refractivity contribution in [2.24, 2.45) is 0 Å². The molecule has 8 nitrogen and oxygen atoms in total. The van der Waals surface area contributed by atoms with Gasteiger partial charge in [-0.1, -0.05) is 24.3 Å². The number of benzene rings is 2. The van der Waals surface area contributed by atoms with E-state index in [0.29, 0.717) is 0 Å². The van der Waals surface area contributed by atoms with E-state index in [4.69, 9.17) is 19.8 Å². The third kappa shape index (κ3) is 9.28. The van der Waals surface area contributed by atoms with Crippen molar-refractivity contribution in [2.45, 2.75) is 13.8 Å². The summed E-state index contributed by atoms with van der Waals surface area (Å²) in [5.74, 6) is -1.67. The van der Waals surface area contributed by atoms with Gasteiger partial charge in [0.1, 0.15) is 0 Å². The molecule has 0 atom stereocenters. The van der Waals surface area contributed by atoms with Crippen LogP contribution in [0.4, 0.5) is 22.7 Å². The van der Waals surface area contributed by atoms with Gasteiger partial charge >= 0.3 is 0 Å². The normalized spacial score (nSPS) is 12.6. The summed E-state index contributed by atoms with van der Waals surface area (Å²) in [5.41, 5.74) is 5.31. The molecule has 2 aliphatic rings. The molecule has 2 aliphatic heterocycles. The molecule has 0 unspecified atom stereocenters. The second-order valence-corrected chi connectivity index (χ2v) is 7.09. The van der Waals surface area contributed by atoms with Crippen LogP contribution >= 0.6 is 0 Å². The number of carboxylic acid groups (broad SMARTS) is 2. The van der Waals surface area contributed by atoms with E-state index in [1.807, 2.05) is 0 Å². The first-order valence-electron chi connectivity index (χ1n) is 9.46. The van der Waals surface area contributed by atoms with E-state index in [1.165, 1.54) is 22.7 Å². The van der Waals surface area contributed by atoms with Gasteiger partial charge in [0.05, 0.1) is 36.1 Å². The van der Waals surface area contributed by atoms with E-state index in [0.717, 1.165) is 27.2 Å². The second kappa shape index (κ2) is 13.5. The Morgan fingerprint density at radius 1 is 0.613 bits per heavy atom. The van der Waals surface area contributed by atoms with E-state index in [-0.39, 0.29) is 20.4 Å². The first-order chi connectivity index (χ1) is 14.0. The van der Waals surface area contributed by atoms with Crippen molar-refractivity contribution < 1.29 is 40.2 Å². The predicted octanol–water partition coefficient (Wildman–Crippen LogP) is 3.24. The summed E-state index contributed by atoms with van der Waals surface area (Å²) in [7, 11) is 8.45. The van der Waals surface area contributed by atoms with Crippen molar-refractivity contribution in [3.05, 3.63) is 48.5 Å².